The summed E-state index contributed by atoms with van der Waals surface area (Å²) in [7, 11) is 0. The first-order valence-electron chi connectivity index (χ1n) is 7.44. The van der Waals surface area contributed by atoms with E-state index in [9.17, 15) is 4.79 Å². The molecule has 0 amide bonds. The van der Waals surface area contributed by atoms with Gasteiger partial charge in [-0.15, -0.1) is 0 Å². The number of fused-ring (bicyclic) bond motifs is 1. The Kier molecular flexibility index (Phi) is 4.53. The van der Waals surface area contributed by atoms with Gasteiger partial charge in [0.1, 0.15) is 6.10 Å². The number of Topliss-reactive ketones (excluding diaryl/α,β-unsaturated/α-hetero) is 1. The molecule has 1 heterocycles. The molecule has 1 aliphatic carbocycles. The molecule has 2 rings (SSSR count). The van der Waals surface area contributed by atoms with Crippen molar-refractivity contribution in [2.24, 2.45) is 5.41 Å². The number of ether oxygens (including phenoxy) is 1. The van der Waals surface area contributed by atoms with Crippen LogP contribution in [0.15, 0.2) is 6.20 Å². The van der Waals surface area contributed by atoms with E-state index >= 15 is 0 Å². The summed E-state index contributed by atoms with van der Waals surface area (Å²) >= 11 is 0. The SMILES string of the molecule is CCOC(c1ncc2c(n1)CCCCC2=O)C(C)(C)C. The summed E-state index contributed by atoms with van der Waals surface area (Å²) in [5.74, 6) is 0.876. The minimum Gasteiger partial charge on any atom is -0.370 e. The Morgan fingerprint density at radius 1 is 1.30 bits per heavy atom. The highest BCUT2D eigenvalue weighted by atomic mass is 16.5. The fourth-order valence-corrected chi connectivity index (χ4v) is 2.57. The Labute approximate surface area is 121 Å². The van der Waals surface area contributed by atoms with Gasteiger partial charge in [-0.05, 0) is 31.6 Å². The van der Waals surface area contributed by atoms with E-state index in [0.29, 0.717) is 24.4 Å². The molecule has 4 heteroatoms. The van der Waals surface area contributed by atoms with Crippen molar-refractivity contribution in [2.75, 3.05) is 6.61 Å². The minimum absolute atomic E-state index is 0.0705. The topological polar surface area (TPSA) is 52.1 Å². The smallest absolute Gasteiger partial charge is 0.166 e. The van der Waals surface area contributed by atoms with Gasteiger partial charge >= 0.3 is 0 Å². The van der Waals surface area contributed by atoms with Gasteiger partial charge in [-0.2, -0.15) is 0 Å². The van der Waals surface area contributed by atoms with Crippen LogP contribution in [0, 0.1) is 5.41 Å². The number of aromatic nitrogens is 2. The van der Waals surface area contributed by atoms with Crippen molar-refractivity contribution in [3.63, 3.8) is 0 Å². The number of rotatable bonds is 3. The third-order valence-electron chi connectivity index (χ3n) is 3.61. The van der Waals surface area contributed by atoms with Gasteiger partial charge in [0.2, 0.25) is 0 Å². The van der Waals surface area contributed by atoms with Crippen LogP contribution in [-0.4, -0.2) is 22.4 Å². The second-order valence-electron chi connectivity index (χ2n) is 6.42. The number of carbonyl (C=O) groups is 1. The Bertz CT molecular complexity index is 492. The van der Waals surface area contributed by atoms with E-state index in [1.807, 2.05) is 6.92 Å². The van der Waals surface area contributed by atoms with E-state index in [2.05, 4.69) is 30.7 Å². The standard InChI is InChI=1S/C16H24N2O2/c1-5-20-14(16(2,3)4)15-17-10-11-12(18-15)8-6-7-9-13(11)19/h10,14H,5-9H2,1-4H3. The third kappa shape index (κ3) is 3.23. The van der Waals surface area contributed by atoms with Crippen molar-refractivity contribution in [3.05, 3.63) is 23.3 Å². The molecular weight excluding hydrogens is 252 g/mol. The van der Waals surface area contributed by atoms with Gasteiger partial charge in [-0.25, -0.2) is 9.97 Å². The number of carbonyl (C=O) groups excluding carboxylic acids is 1. The van der Waals surface area contributed by atoms with Crippen molar-refractivity contribution in [1.82, 2.24) is 9.97 Å². The maximum Gasteiger partial charge on any atom is 0.166 e. The molecule has 0 N–H and O–H groups in total. The zero-order valence-electron chi connectivity index (χ0n) is 12.9. The third-order valence-corrected chi connectivity index (χ3v) is 3.61. The van der Waals surface area contributed by atoms with Gasteiger partial charge in [0.15, 0.2) is 11.6 Å². The minimum atomic E-state index is -0.142. The summed E-state index contributed by atoms with van der Waals surface area (Å²) in [5, 5.41) is 0. The number of hydrogen-bond acceptors (Lipinski definition) is 4. The summed E-state index contributed by atoms with van der Waals surface area (Å²) in [6, 6.07) is 0. The maximum atomic E-state index is 12.0. The molecule has 4 nitrogen and oxygen atoms in total. The lowest BCUT2D eigenvalue weighted by molar-refractivity contribution is -0.0192. The molecule has 0 saturated heterocycles. The molecule has 1 aromatic rings. The van der Waals surface area contributed by atoms with E-state index < -0.39 is 0 Å². The molecule has 1 atom stereocenters. The fourth-order valence-electron chi connectivity index (χ4n) is 2.57. The lowest BCUT2D eigenvalue weighted by atomic mass is 9.88. The zero-order valence-corrected chi connectivity index (χ0v) is 12.9. The van der Waals surface area contributed by atoms with Crippen LogP contribution >= 0.6 is 0 Å². The van der Waals surface area contributed by atoms with Crippen molar-refractivity contribution in [3.8, 4) is 0 Å². The zero-order chi connectivity index (χ0) is 14.8. The highest BCUT2D eigenvalue weighted by molar-refractivity contribution is 5.97. The molecular formula is C16H24N2O2. The van der Waals surface area contributed by atoms with Crippen molar-refractivity contribution in [1.29, 1.82) is 0 Å². The Balaban J connectivity index is 2.38. The van der Waals surface area contributed by atoms with Gasteiger partial charge in [0.25, 0.3) is 0 Å². The monoisotopic (exact) mass is 276 g/mol. The molecule has 0 fully saturated rings. The van der Waals surface area contributed by atoms with Gasteiger partial charge < -0.3 is 4.74 Å². The number of ketones is 1. The van der Waals surface area contributed by atoms with Crippen LogP contribution in [0.5, 0.6) is 0 Å². The van der Waals surface area contributed by atoms with Gasteiger partial charge in [0, 0.05) is 19.2 Å². The maximum absolute atomic E-state index is 12.0. The summed E-state index contributed by atoms with van der Waals surface area (Å²) in [6.07, 6.45) is 4.99. The molecule has 0 saturated carbocycles. The molecule has 1 aliphatic rings. The predicted molar refractivity (Wildman–Crippen MR) is 77.7 cm³/mol. The van der Waals surface area contributed by atoms with Crippen LogP contribution in [0.2, 0.25) is 0 Å². The Morgan fingerprint density at radius 3 is 2.65 bits per heavy atom. The second-order valence-corrected chi connectivity index (χ2v) is 6.42. The quantitative estimate of drug-likeness (QED) is 0.793. The van der Waals surface area contributed by atoms with Crippen LogP contribution in [0.1, 0.15) is 74.9 Å². The molecule has 0 aromatic carbocycles. The summed E-state index contributed by atoms with van der Waals surface area (Å²) in [6.45, 7) is 8.96. The van der Waals surface area contributed by atoms with Crippen molar-refractivity contribution < 1.29 is 9.53 Å². The lowest BCUT2D eigenvalue weighted by Gasteiger charge is -2.29. The first-order valence-corrected chi connectivity index (χ1v) is 7.44. The normalized spacial score (nSPS) is 17.5. The molecule has 0 bridgehead atoms. The van der Waals surface area contributed by atoms with Crippen LogP contribution in [-0.2, 0) is 11.2 Å². The van der Waals surface area contributed by atoms with Gasteiger partial charge in [0.05, 0.1) is 11.3 Å². The molecule has 110 valence electrons. The van der Waals surface area contributed by atoms with E-state index in [4.69, 9.17) is 4.74 Å². The highest BCUT2D eigenvalue weighted by Crippen LogP contribution is 2.34. The first-order chi connectivity index (χ1) is 9.43. The summed E-state index contributed by atoms with van der Waals surface area (Å²) in [4.78, 5) is 21.1. The Hall–Kier alpha value is -1.29. The molecule has 0 aliphatic heterocycles. The molecule has 20 heavy (non-hydrogen) atoms. The summed E-state index contributed by atoms with van der Waals surface area (Å²) in [5.41, 5.74) is 1.53. The Morgan fingerprint density at radius 2 is 2.00 bits per heavy atom. The molecule has 1 unspecified atom stereocenters. The van der Waals surface area contributed by atoms with Crippen LogP contribution in [0.25, 0.3) is 0 Å². The van der Waals surface area contributed by atoms with Crippen molar-refractivity contribution in [2.45, 2.75) is 59.5 Å². The van der Waals surface area contributed by atoms with Crippen molar-refractivity contribution >= 4 is 5.78 Å². The number of nitrogens with zero attached hydrogens (tertiary/aromatic N) is 2. The second kappa shape index (κ2) is 6.00. The summed E-state index contributed by atoms with van der Waals surface area (Å²) < 4.78 is 5.83. The molecule has 1 aromatic heterocycles. The first kappa shape index (κ1) is 15.1. The predicted octanol–water partition coefficient (Wildman–Crippen LogP) is 3.51. The largest absolute Gasteiger partial charge is 0.370 e. The lowest BCUT2D eigenvalue weighted by Crippen LogP contribution is -2.24. The van der Waals surface area contributed by atoms with Crippen LogP contribution < -0.4 is 0 Å². The van der Waals surface area contributed by atoms with E-state index in [-0.39, 0.29) is 17.3 Å². The number of hydrogen-bond donors (Lipinski definition) is 0. The molecule has 0 radical (unpaired) electrons. The molecule has 0 spiro atoms. The van der Waals surface area contributed by atoms with E-state index in [0.717, 1.165) is 25.0 Å². The number of aryl methyl sites for hydroxylation is 1. The fraction of sp³-hybridized carbons (Fsp3) is 0.688. The van der Waals surface area contributed by atoms with Gasteiger partial charge in [-0.1, -0.05) is 20.8 Å². The van der Waals surface area contributed by atoms with Crippen LogP contribution in [0.3, 0.4) is 0 Å². The van der Waals surface area contributed by atoms with E-state index in [1.165, 1.54) is 0 Å². The average Bonchev–Trinajstić information content (AvgIpc) is 2.56. The highest BCUT2D eigenvalue weighted by Gasteiger charge is 2.30. The van der Waals surface area contributed by atoms with E-state index in [1.54, 1.807) is 6.20 Å². The van der Waals surface area contributed by atoms with Gasteiger partial charge in [-0.3, -0.25) is 4.79 Å². The van der Waals surface area contributed by atoms with Crippen LogP contribution in [0.4, 0.5) is 0 Å². The average molecular weight is 276 g/mol.